The van der Waals surface area contributed by atoms with Crippen molar-refractivity contribution in [2.75, 3.05) is 31.3 Å². The van der Waals surface area contributed by atoms with Gasteiger partial charge in [-0.1, -0.05) is 5.21 Å². The molecule has 2 aromatic heterocycles. The minimum atomic E-state index is -0.978. The van der Waals surface area contributed by atoms with Crippen molar-refractivity contribution in [1.82, 2.24) is 34.7 Å². The second-order valence-corrected chi connectivity index (χ2v) is 8.60. The number of ether oxygens (including phenoxy) is 4. The predicted molar refractivity (Wildman–Crippen MR) is 126 cm³/mol. The van der Waals surface area contributed by atoms with Crippen LogP contribution in [0.15, 0.2) is 37.1 Å². The van der Waals surface area contributed by atoms with Gasteiger partial charge in [0.15, 0.2) is 18.9 Å². The first kappa shape index (κ1) is 26.1. The Morgan fingerprint density at radius 1 is 1.33 bits per heavy atom. The molecule has 16 nitrogen and oxygen atoms in total. The van der Waals surface area contributed by atoms with E-state index >= 15 is 4.39 Å². The molecule has 2 unspecified atom stereocenters. The normalized spacial score (nSPS) is 20.1. The molecule has 3 aromatic rings. The molecular formula is C22H24FN9O7. The van der Waals surface area contributed by atoms with Crippen molar-refractivity contribution in [1.29, 1.82) is 0 Å². The summed E-state index contributed by atoms with van der Waals surface area (Å²) in [7, 11) is 0. The number of anilines is 1. The largest absolute Gasteiger partial charge is 0.442 e. The number of benzene rings is 1. The van der Waals surface area contributed by atoms with Crippen LogP contribution in [0.2, 0.25) is 0 Å². The number of hydrogen-bond donors (Lipinski definition) is 1. The molecule has 2 aliphatic rings. The standard InChI is InChI=1S/C22H24FN9O7/c1-13(33)30(21(34)37-12-36-20-19(5-24)39-20)8-16-9-31(22(35)38-16)15-2-3-18(17(23)4-15)32-7-14(27-28-32)6-29-11-25-10-26-29/h2-4,7,10-11,16,19-20H,5-6,8-9,12,24H2,1H3/t16-,19?,20?/m0/s1. The van der Waals surface area contributed by atoms with E-state index in [1.807, 2.05) is 0 Å². The van der Waals surface area contributed by atoms with Gasteiger partial charge >= 0.3 is 12.2 Å². The van der Waals surface area contributed by atoms with Crippen LogP contribution >= 0.6 is 0 Å². The van der Waals surface area contributed by atoms with Crippen LogP contribution in [0.25, 0.3) is 5.69 Å². The number of cyclic esters (lactones) is 1. The Morgan fingerprint density at radius 3 is 2.87 bits per heavy atom. The number of rotatable bonds is 10. The van der Waals surface area contributed by atoms with Crippen LogP contribution in [0, 0.1) is 5.82 Å². The average molecular weight is 545 g/mol. The maximum Gasteiger partial charge on any atom is 0.418 e. The minimum Gasteiger partial charge on any atom is -0.442 e. The second-order valence-electron chi connectivity index (χ2n) is 8.60. The zero-order valence-corrected chi connectivity index (χ0v) is 20.6. The first-order valence-electron chi connectivity index (χ1n) is 11.8. The van der Waals surface area contributed by atoms with Crippen molar-refractivity contribution in [3.8, 4) is 5.69 Å². The van der Waals surface area contributed by atoms with Crippen LogP contribution in [-0.2, 0) is 30.3 Å². The SMILES string of the molecule is CC(=O)N(C[C@H]1CN(c2ccc(-n3cc(Cn4cncn4)nn3)c(F)c2)C(=O)O1)C(=O)OCOC1OC1CN. The molecule has 206 valence electrons. The first-order valence-corrected chi connectivity index (χ1v) is 11.8. The lowest BCUT2D eigenvalue weighted by atomic mass is 10.2. The highest BCUT2D eigenvalue weighted by Crippen LogP contribution is 2.26. The monoisotopic (exact) mass is 545 g/mol. The number of amides is 3. The Bertz CT molecular complexity index is 1350. The molecule has 0 spiro atoms. The number of epoxide rings is 1. The maximum absolute atomic E-state index is 15.0. The molecule has 5 rings (SSSR count). The van der Waals surface area contributed by atoms with Crippen molar-refractivity contribution in [3.05, 3.63) is 48.6 Å². The van der Waals surface area contributed by atoms with Crippen molar-refractivity contribution in [2.45, 2.75) is 32.0 Å². The fourth-order valence-corrected chi connectivity index (χ4v) is 3.85. The third-order valence-corrected chi connectivity index (χ3v) is 5.86. The molecule has 0 radical (unpaired) electrons. The highest BCUT2D eigenvalue weighted by molar-refractivity contribution is 5.92. The van der Waals surface area contributed by atoms with Gasteiger partial charge in [-0.25, -0.2) is 33.2 Å². The van der Waals surface area contributed by atoms with E-state index in [2.05, 4.69) is 20.4 Å². The third kappa shape index (κ3) is 6.00. The summed E-state index contributed by atoms with van der Waals surface area (Å²) in [5.74, 6) is -1.28. The number of carbonyl (C=O) groups is 3. The summed E-state index contributed by atoms with van der Waals surface area (Å²) in [6.07, 6.45) is 1.03. The summed E-state index contributed by atoms with van der Waals surface area (Å²) in [5, 5.41) is 11.9. The average Bonchev–Trinajstić information content (AvgIpc) is 3.25. The van der Waals surface area contributed by atoms with Crippen molar-refractivity contribution >= 4 is 23.8 Å². The Hall–Kier alpha value is -4.48. The number of aromatic nitrogens is 6. The molecule has 1 aromatic carbocycles. The van der Waals surface area contributed by atoms with Gasteiger partial charge in [-0.05, 0) is 18.2 Å². The lowest BCUT2D eigenvalue weighted by Crippen LogP contribution is -2.42. The molecule has 4 heterocycles. The van der Waals surface area contributed by atoms with E-state index < -0.39 is 43.1 Å². The van der Waals surface area contributed by atoms with Crippen LogP contribution in [0.1, 0.15) is 12.6 Å². The number of nitrogens with zero attached hydrogens (tertiary/aromatic N) is 8. The lowest BCUT2D eigenvalue weighted by Gasteiger charge is -2.21. The minimum absolute atomic E-state index is 0.0371. The van der Waals surface area contributed by atoms with E-state index in [0.717, 1.165) is 11.0 Å². The van der Waals surface area contributed by atoms with E-state index in [4.69, 9.17) is 24.7 Å². The summed E-state index contributed by atoms with van der Waals surface area (Å²) >= 11 is 0. The van der Waals surface area contributed by atoms with Crippen molar-refractivity contribution in [2.24, 2.45) is 5.73 Å². The summed E-state index contributed by atoms with van der Waals surface area (Å²) < 4.78 is 38.3. The van der Waals surface area contributed by atoms with E-state index in [0.29, 0.717) is 12.2 Å². The number of nitrogens with two attached hydrogens (primary N) is 1. The molecule has 17 heteroatoms. The molecular weight excluding hydrogens is 521 g/mol. The lowest BCUT2D eigenvalue weighted by molar-refractivity contribution is -0.130. The third-order valence-electron chi connectivity index (χ3n) is 5.86. The Kier molecular flexibility index (Phi) is 7.44. The summed E-state index contributed by atoms with van der Waals surface area (Å²) in [5.41, 5.74) is 6.29. The number of carbonyl (C=O) groups excluding carboxylic acids is 3. The first-order chi connectivity index (χ1) is 18.8. The van der Waals surface area contributed by atoms with Gasteiger partial charge in [0, 0.05) is 13.5 Å². The topological polar surface area (TPSA) is 185 Å². The van der Waals surface area contributed by atoms with Gasteiger partial charge in [0.2, 0.25) is 5.91 Å². The summed E-state index contributed by atoms with van der Waals surface area (Å²) in [6.45, 7) is 0.990. The zero-order valence-electron chi connectivity index (χ0n) is 20.6. The van der Waals surface area contributed by atoms with Crippen molar-refractivity contribution < 1.29 is 37.7 Å². The molecule has 2 saturated heterocycles. The molecule has 0 aliphatic carbocycles. The van der Waals surface area contributed by atoms with E-state index in [1.54, 1.807) is 10.9 Å². The van der Waals surface area contributed by atoms with E-state index in [-0.39, 0.29) is 37.1 Å². The van der Waals surface area contributed by atoms with Gasteiger partial charge in [-0.15, -0.1) is 5.10 Å². The van der Waals surface area contributed by atoms with Gasteiger partial charge in [-0.3, -0.25) is 9.69 Å². The fourth-order valence-electron chi connectivity index (χ4n) is 3.85. The molecule has 2 aliphatic heterocycles. The predicted octanol–water partition coefficient (Wildman–Crippen LogP) is 0.0142. The molecule has 0 bridgehead atoms. The number of halogens is 1. The van der Waals surface area contributed by atoms with Gasteiger partial charge in [0.25, 0.3) is 0 Å². The number of hydrogen-bond acceptors (Lipinski definition) is 12. The smallest absolute Gasteiger partial charge is 0.418 e. The zero-order chi connectivity index (χ0) is 27.5. The van der Waals surface area contributed by atoms with Gasteiger partial charge in [0.1, 0.15) is 36.2 Å². The van der Waals surface area contributed by atoms with Gasteiger partial charge in [0.05, 0.1) is 31.5 Å². The van der Waals surface area contributed by atoms with Crippen LogP contribution in [0.3, 0.4) is 0 Å². The van der Waals surface area contributed by atoms with E-state index in [1.165, 1.54) is 41.3 Å². The Morgan fingerprint density at radius 2 is 2.18 bits per heavy atom. The molecule has 39 heavy (non-hydrogen) atoms. The van der Waals surface area contributed by atoms with Gasteiger partial charge < -0.3 is 24.7 Å². The maximum atomic E-state index is 15.0. The fraction of sp³-hybridized carbons (Fsp3) is 0.409. The van der Waals surface area contributed by atoms with Crippen LogP contribution in [0.5, 0.6) is 0 Å². The molecule has 3 amide bonds. The summed E-state index contributed by atoms with van der Waals surface area (Å²) in [6, 6.07) is 4.11. The molecule has 2 fully saturated rings. The van der Waals surface area contributed by atoms with Crippen molar-refractivity contribution in [3.63, 3.8) is 0 Å². The highest BCUT2D eigenvalue weighted by Gasteiger charge is 2.40. The van der Waals surface area contributed by atoms with E-state index in [9.17, 15) is 14.4 Å². The second kappa shape index (κ2) is 11.1. The number of imide groups is 1. The van der Waals surface area contributed by atoms with Gasteiger partial charge in [-0.2, -0.15) is 5.10 Å². The quantitative estimate of drug-likeness (QED) is 0.266. The highest BCUT2D eigenvalue weighted by atomic mass is 19.1. The summed E-state index contributed by atoms with van der Waals surface area (Å²) in [4.78, 5) is 42.8. The molecule has 0 saturated carbocycles. The Labute approximate surface area is 219 Å². The Balaban J connectivity index is 1.18. The molecule has 2 N–H and O–H groups in total. The molecule has 3 atom stereocenters. The van der Waals surface area contributed by atoms with Crippen LogP contribution in [0.4, 0.5) is 19.7 Å². The van der Waals surface area contributed by atoms with Crippen LogP contribution in [-0.4, -0.2) is 97.7 Å². The van der Waals surface area contributed by atoms with Crippen LogP contribution < -0.4 is 10.6 Å².